The first kappa shape index (κ1) is 11.2. The van der Waals surface area contributed by atoms with E-state index in [4.69, 9.17) is 0 Å². The Morgan fingerprint density at radius 2 is 1.62 bits per heavy atom. The van der Waals surface area contributed by atoms with Crippen LogP contribution in [0.25, 0.3) is 0 Å². The summed E-state index contributed by atoms with van der Waals surface area (Å²) in [7, 11) is 0. The van der Waals surface area contributed by atoms with Gasteiger partial charge in [0.15, 0.2) is 0 Å². The Balaban J connectivity index is 2.08. The fourth-order valence-corrected chi connectivity index (χ4v) is 2.09. The molecule has 0 heterocycles. The molecule has 0 saturated carbocycles. The van der Waals surface area contributed by atoms with Crippen LogP contribution in [0, 0.1) is 0 Å². The van der Waals surface area contributed by atoms with Crippen molar-refractivity contribution in [2.24, 2.45) is 0 Å². The highest BCUT2D eigenvalue weighted by Crippen LogP contribution is 2.28. The fraction of sp³-hybridized carbons (Fsp3) is 0.143. The van der Waals surface area contributed by atoms with Crippen LogP contribution in [0.15, 0.2) is 53.0 Å². The van der Waals surface area contributed by atoms with Gasteiger partial charge in [-0.3, -0.25) is 0 Å². The number of rotatable bonds is 3. The van der Waals surface area contributed by atoms with Gasteiger partial charge in [0, 0.05) is 0 Å². The number of hydrogen-bond acceptors (Lipinski definition) is 1. The lowest BCUT2D eigenvalue weighted by molar-refractivity contribution is 0.464. The second-order valence-corrected chi connectivity index (χ2v) is 4.59. The Labute approximate surface area is 104 Å². The summed E-state index contributed by atoms with van der Waals surface area (Å²) in [6, 6.07) is 16.1. The number of aryl methyl sites for hydroxylation is 2. The standard InChI is InChI=1S/C14H13BrO/c15-13-8-4-7-12(14(13)16)10-9-11-5-2-1-3-6-11/h1-8,16H,9-10H2. The van der Waals surface area contributed by atoms with Crippen molar-refractivity contribution in [2.45, 2.75) is 12.8 Å². The third-order valence-corrected chi connectivity index (χ3v) is 3.24. The van der Waals surface area contributed by atoms with Gasteiger partial charge in [-0.05, 0) is 46.0 Å². The van der Waals surface area contributed by atoms with Crippen LogP contribution in [0.3, 0.4) is 0 Å². The summed E-state index contributed by atoms with van der Waals surface area (Å²) in [6.07, 6.45) is 1.81. The molecule has 0 saturated heterocycles. The van der Waals surface area contributed by atoms with E-state index in [1.54, 1.807) is 0 Å². The van der Waals surface area contributed by atoms with Crippen LogP contribution >= 0.6 is 15.9 Å². The minimum absolute atomic E-state index is 0.360. The minimum Gasteiger partial charge on any atom is -0.506 e. The van der Waals surface area contributed by atoms with E-state index in [1.807, 2.05) is 36.4 Å². The van der Waals surface area contributed by atoms with Gasteiger partial charge in [-0.1, -0.05) is 42.5 Å². The van der Waals surface area contributed by atoms with Crippen molar-refractivity contribution in [3.8, 4) is 5.75 Å². The molecule has 0 aliphatic heterocycles. The van der Waals surface area contributed by atoms with Gasteiger partial charge in [0.05, 0.1) is 4.47 Å². The molecule has 1 nitrogen and oxygen atoms in total. The highest BCUT2D eigenvalue weighted by atomic mass is 79.9. The van der Waals surface area contributed by atoms with Gasteiger partial charge in [-0.25, -0.2) is 0 Å². The van der Waals surface area contributed by atoms with Gasteiger partial charge in [-0.2, -0.15) is 0 Å². The number of phenols is 1. The molecule has 0 amide bonds. The second-order valence-electron chi connectivity index (χ2n) is 3.73. The Hall–Kier alpha value is -1.28. The highest BCUT2D eigenvalue weighted by molar-refractivity contribution is 9.10. The van der Waals surface area contributed by atoms with Crippen molar-refractivity contribution in [1.82, 2.24) is 0 Å². The summed E-state index contributed by atoms with van der Waals surface area (Å²) in [5, 5.41) is 9.83. The quantitative estimate of drug-likeness (QED) is 0.901. The van der Waals surface area contributed by atoms with Crippen molar-refractivity contribution in [3.05, 3.63) is 64.1 Å². The zero-order valence-electron chi connectivity index (χ0n) is 8.86. The average Bonchev–Trinajstić information content (AvgIpc) is 2.32. The lowest BCUT2D eigenvalue weighted by atomic mass is 10.0. The van der Waals surface area contributed by atoms with Crippen molar-refractivity contribution in [1.29, 1.82) is 0 Å². The number of aromatic hydroxyl groups is 1. The van der Waals surface area contributed by atoms with Gasteiger partial charge in [0.1, 0.15) is 5.75 Å². The maximum absolute atomic E-state index is 9.83. The number of halogens is 1. The first-order valence-corrected chi connectivity index (χ1v) is 6.07. The van der Waals surface area contributed by atoms with Crippen LogP contribution < -0.4 is 0 Å². The van der Waals surface area contributed by atoms with E-state index in [1.165, 1.54) is 5.56 Å². The number of phenolic OH excluding ortho intramolecular Hbond substituents is 1. The number of hydrogen-bond donors (Lipinski definition) is 1. The van der Waals surface area contributed by atoms with E-state index >= 15 is 0 Å². The predicted octanol–water partition coefficient (Wildman–Crippen LogP) is 3.94. The van der Waals surface area contributed by atoms with Gasteiger partial charge in [0.25, 0.3) is 0 Å². The fourth-order valence-electron chi connectivity index (χ4n) is 1.69. The maximum Gasteiger partial charge on any atom is 0.132 e. The summed E-state index contributed by atoms with van der Waals surface area (Å²) >= 11 is 3.32. The summed E-state index contributed by atoms with van der Waals surface area (Å²) in [5.74, 6) is 0.360. The third-order valence-electron chi connectivity index (χ3n) is 2.60. The second kappa shape index (κ2) is 5.17. The lowest BCUT2D eigenvalue weighted by Crippen LogP contribution is -1.91. The molecule has 0 fully saturated rings. The van der Waals surface area contributed by atoms with Crippen LogP contribution in [-0.4, -0.2) is 5.11 Å². The van der Waals surface area contributed by atoms with Crippen molar-refractivity contribution in [2.75, 3.05) is 0 Å². The summed E-state index contributed by atoms with van der Waals surface area (Å²) in [4.78, 5) is 0. The molecule has 2 rings (SSSR count). The highest BCUT2D eigenvalue weighted by Gasteiger charge is 2.04. The molecular formula is C14H13BrO. The molecule has 2 aromatic carbocycles. The Morgan fingerprint density at radius 1 is 0.875 bits per heavy atom. The molecule has 0 aliphatic carbocycles. The van der Waals surface area contributed by atoms with Crippen LogP contribution in [0.2, 0.25) is 0 Å². The molecular weight excluding hydrogens is 264 g/mol. The van der Waals surface area contributed by atoms with E-state index in [0.29, 0.717) is 5.75 Å². The van der Waals surface area contributed by atoms with Gasteiger partial charge in [-0.15, -0.1) is 0 Å². The maximum atomic E-state index is 9.83. The molecule has 1 N–H and O–H groups in total. The average molecular weight is 277 g/mol. The van der Waals surface area contributed by atoms with Crippen LogP contribution in [0.4, 0.5) is 0 Å². The molecule has 0 spiro atoms. The molecule has 0 aliphatic rings. The molecule has 0 unspecified atom stereocenters. The normalized spacial score (nSPS) is 10.3. The van der Waals surface area contributed by atoms with E-state index in [9.17, 15) is 5.11 Å². The van der Waals surface area contributed by atoms with Gasteiger partial charge in [0.2, 0.25) is 0 Å². The predicted molar refractivity (Wildman–Crippen MR) is 69.7 cm³/mol. The van der Waals surface area contributed by atoms with E-state index in [0.717, 1.165) is 22.9 Å². The van der Waals surface area contributed by atoms with Crippen molar-refractivity contribution < 1.29 is 5.11 Å². The molecule has 2 heteroatoms. The minimum atomic E-state index is 0.360. The third kappa shape index (κ3) is 2.64. The van der Waals surface area contributed by atoms with Crippen molar-refractivity contribution in [3.63, 3.8) is 0 Å². The summed E-state index contributed by atoms with van der Waals surface area (Å²) in [6.45, 7) is 0. The first-order valence-electron chi connectivity index (χ1n) is 5.27. The van der Waals surface area contributed by atoms with Gasteiger partial charge >= 0.3 is 0 Å². The molecule has 0 radical (unpaired) electrons. The summed E-state index contributed by atoms with van der Waals surface area (Å²) in [5.41, 5.74) is 2.28. The van der Waals surface area contributed by atoms with Crippen molar-refractivity contribution >= 4 is 15.9 Å². The topological polar surface area (TPSA) is 20.2 Å². The SMILES string of the molecule is Oc1c(Br)cccc1CCc1ccccc1. The summed E-state index contributed by atoms with van der Waals surface area (Å²) < 4.78 is 0.762. The van der Waals surface area contributed by atoms with E-state index in [2.05, 4.69) is 28.1 Å². The molecule has 82 valence electrons. The molecule has 0 atom stereocenters. The first-order chi connectivity index (χ1) is 7.77. The lowest BCUT2D eigenvalue weighted by Gasteiger charge is -2.06. The molecule has 16 heavy (non-hydrogen) atoms. The molecule has 0 aromatic heterocycles. The smallest absolute Gasteiger partial charge is 0.132 e. The van der Waals surface area contributed by atoms with Crippen LogP contribution in [0.1, 0.15) is 11.1 Å². The Morgan fingerprint density at radius 3 is 2.38 bits per heavy atom. The van der Waals surface area contributed by atoms with Crippen LogP contribution in [-0.2, 0) is 12.8 Å². The zero-order valence-corrected chi connectivity index (χ0v) is 10.4. The largest absolute Gasteiger partial charge is 0.506 e. The number of benzene rings is 2. The van der Waals surface area contributed by atoms with Gasteiger partial charge < -0.3 is 5.11 Å². The molecule has 0 bridgehead atoms. The zero-order chi connectivity index (χ0) is 11.4. The Bertz CT molecular complexity index is 465. The molecule has 2 aromatic rings. The Kier molecular flexibility index (Phi) is 3.62. The number of para-hydroxylation sites is 1. The monoisotopic (exact) mass is 276 g/mol. The van der Waals surface area contributed by atoms with E-state index < -0.39 is 0 Å². The van der Waals surface area contributed by atoms with Crippen LogP contribution in [0.5, 0.6) is 5.75 Å². The van der Waals surface area contributed by atoms with E-state index in [-0.39, 0.29) is 0 Å².